The number of nitrogens with zero attached hydrogens (tertiary/aromatic N) is 4. The lowest BCUT2D eigenvalue weighted by Crippen LogP contribution is -2.13. The third-order valence-corrected chi connectivity index (χ3v) is 5.73. The first kappa shape index (κ1) is 21.2. The van der Waals surface area contributed by atoms with Crippen LogP contribution in [-0.2, 0) is 12.6 Å². The highest BCUT2D eigenvalue weighted by Gasteiger charge is 2.36. The predicted molar refractivity (Wildman–Crippen MR) is 116 cm³/mol. The van der Waals surface area contributed by atoms with Gasteiger partial charge in [-0.2, -0.15) is 18.3 Å². The van der Waals surface area contributed by atoms with E-state index in [-0.39, 0.29) is 0 Å². The molecule has 4 aromatic rings. The van der Waals surface area contributed by atoms with E-state index in [1.807, 2.05) is 24.4 Å². The Morgan fingerprint density at radius 3 is 2.55 bits per heavy atom. The van der Waals surface area contributed by atoms with E-state index >= 15 is 0 Å². The molecule has 0 saturated heterocycles. The molecule has 0 radical (unpaired) electrons. The number of aryl methyl sites for hydroxylation is 1. The van der Waals surface area contributed by atoms with Crippen molar-refractivity contribution in [2.45, 2.75) is 38.3 Å². The maximum atomic E-state index is 13.3. The van der Waals surface area contributed by atoms with Gasteiger partial charge in [0.2, 0.25) is 5.88 Å². The summed E-state index contributed by atoms with van der Waals surface area (Å²) < 4.78 is 46.3. The molecule has 5 rings (SSSR count). The van der Waals surface area contributed by atoms with Crippen molar-refractivity contribution >= 4 is 0 Å². The van der Waals surface area contributed by atoms with Crippen LogP contribution >= 0.6 is 0 Å². The molecule has 0 aliphatic heterocycles. The Labute approximate surface area is 188 Å². The number of alkyl halides is 3. The van der Waals surface area contributed by atoms with Gasteiger partial charge in [-0.05, 0) is 49.6 Å². The molecule has 6 nitrogen and oxygen atoms in total. The summed E-state index contributed by atoms with van der Waals surface area (Å²) in [5, 5.41) is 4.01. The molecule has 3 heterocycles. The second-order valence-electron chi connectivity index (χ2n) is 8.25. The quantitative estimate of drug-likeness (QED) is 0.421. The summed E-state index contributed by atoms with van der Waals surface area (Å²) in [6, 6.07) is 10.0. The highest BCUT2D eigenvalue weighted by atomic mass is 19.4. The minimum absolute atomic E-state index is 0.316. The van der Waals surface area contributed by atoms with Crippen LogP contribution in [0, 0.1) is 6.92 Å². The predicted octanol–water partition coefficient (Wildman–Crippen LogP) is 5.46. The van der Waals surface area contributed by atoms with Gasteiger partial charge in [0.15, 0.2) is 0 Å². The van der Waals surface area contributed by atoms with Crippen molar-refractivity contribution in [3.8, 4) is 22.7 Å². The Morgan fingerprint density at radius 2 is 1.88 bits per heavy atom. The number of ether oxygens (including phenoxy) is 1. The number of aromatic amines is 1. The maximum absolute atomic E-state index is 13.3. The first-order valence-corrected chi connectivity index (χ1v) is 10.6. The van der Waals surface area contributed by atoms with Crippen LogP contribution in [0.15, 0.2) is 48.9 Å². The molecule has 0 bridgehead atoms. The Balaban J connectivity index is 1.39. The number of halogens is 3. The summed E-state index contributed by atoms with van der Waals surface area (Å²) in [6.45, 7) is 1.55. The summed E-state index contributed by atoms with van der Waals surface area (Å²) in [6.07, 6.45) is 1.81. The van der Waals surface area contributed by atoms with Crippen molar-refractivity contribution in [3.63, 3.8) is 0 Å². The van der Waals surface area contributed by atoms with Crippen LogP contribution in [0.5, 0.6) is 5.88 Å². The topological polar surface area (TPSA) is 68.6 Å². The van der Waals surface area contributed by atoms with Gasteiger partial charge >= 0.3 is 6.18 Å². The number of methoxy groups -OCH3 is 1. The van der Waals surface area contributed by atoms with Gasteiger partial charge in [-0.15, -0.1) is 0 Å². The fraction of sp³-hybridized carbons (Fsp3) is 0.292. The normalized spacial score (nSPS) is 14.0. The lowest BCUT2D eigenvalue weighted by atomic mass is 10.0. The van der Waals surface area contributed by atoms with Crippen molar-refractivity contribution < 1.29 is 17.9 Å². The molecule has 1 N–H and O–H groups in total. The van der Waals surface area contributed by atoms with Crippen molar-refractivity contribution in [1.29, 1.82) is 0 Å². The molecule has 0 spiro atoms. The van der Waals surface area contributed by atoms with E-state index in [0.29, 0.717) is 29.6 Å². The number of hydrogen-bond acceptors (Lipinski definition) is 4. The number of nitrogens with one attached hydrogen (secondary N) is 1. The van der Waals surface area contributed by atoms with Gasteiger partial charge in [0.25, 0.3) is 0 Å². The maximum Gasteiger partial charge on any atom is 0.433 e. The standard InChI is InChI=1S/C24H22F3N5O/c1-14-9-20(24(25,26)27)32(31-14)19-7-3-15(4-8-19)10-18-11-17(12-28-18)21-22(16-5-6-16)29-13-30-23(21)33-2/h3-4,7-9,11-13,16,28H,5-6,10H2,1-2H3. The monoisotopic (exact) mass is 453 g/mol. The van der Waals surface area contributed by atoms with Gasteiger partial charge in [-0.25, -0.2) is 14.6 Å². The molecule has 170 valence electrons. The fourth-order valence-electron chi connectivity index (χ4n) is 4.04. The summed E-state index contributed by atoms with van der Waals surface area (Å²) in [4.78, 5) is 12.0. The molecule has 0 amide bonds. The highest BCUT2D eigenvalue weighted by Crippen LogP contribution is 2.45. The molecule has 9 heteroatoms. The van der Waals surface area contributed by atoms with Crippen molar-refractivity contribution in [2.75, 3.05) is 7.11 Å². The van der Waals surface area contributed by atoms with Gasteiger partial charge in [-0.1, -0.05) is 12.1 Å². The SMILES string of the molecule is COc1ncnc(C2CC2)c1-c1c[nH]c(Cc2ccc(-n3nc(C)cc3C(F)(F)F)cc2)c1. The molecule has 1 aromatic carbocycles. The van der Waals surface area contributed by atoms with Gasteiger partial charge in [0.05, 0.1) is 29.7 Å². The minimum atomic E-state index is -4.47. The molecule has 0 atom stereocenters. The third-order valence-electron chi connectivity index (χ3n) is 5.73. The largest absolute Gasteiger partial charge is 0.480 e. The van der Waals surface area contributed by atoms with Crippen LogP contribution in [0.4, 0.5) is 13.2 Å². The Morgan fingerprint density at radius 1 is 1.12 bits per heavy atom. The highest BCUT2D eigenvalue weighted by molar-refractivity contribution is 5.72. The lowest BCUT2D eigenvalue weighted by Gasteiger charge is -2.11. The van der Waals surface area contributed by atoms with Crippen molar-refractivity contribution in [2.24, 2.45) is 0 Å². The van der Waals surface area contributed by atoms with Gasteiger partial charge in [-0.3, -0.25) is 0 Å². The third kappa shape index (κ3) is 4.22. The van der Waals surface area contributed by atoms with E-state index in [2.05, 4.69) is 20.1 Å². The average Bonchev–Trinajstić information content (AvgIpc) is 3.41. The molecular weight excluding hydrogens is 431 g/mol. The van der Waals surface area contributed by atoms with Crippen molar-refractivity contribution in [3.05, 3.63) is 77.3 Å². The zero-order valence-corrected chi connectivity index (χ0v) is 18.1. The van der Waals surface area contributed by atoms with E-state index in [1.54, 1.807) is 26.2 Å². The first-order valence-electron chi connectivity index (χ1n) is 10.6. The van der Waals surface area contributed by atoms with Crippen LogP contribution in [0.1, 0.15) is 47.1 Å². The molecule has 1 fully saturated rings. The number of aromatic nitrogens is 5. The van der Waals surface area contributed by atoms with E-state index in [9.17, 15) is 13.2 Å². The van der Waals surface area contributed by atoms with Crippen LogP contribution in [-0.4, -0.2) is 31.8 Å². The van der Waals surface area contributed by atoms with Gasteiger partial charge in [0.1, 0.15) is 12.0 Å². The number of hydrogen-bond donors (Lipinski definition) is 1. The second-order valence-corrected chi connectivity index (χ2v) is 8.25. The van der Waals surface area contributed by atoms with Crippen LogP contribution in [0.2, 0.25) is 0 Å². The van der Waals surface area contributed by atoms with E-state index in [0.717, 1.165) is 51.7 Å². The second kappa shape index (κ2) is 8.06. The lowest BCUT2D eigenvalue weighted by molar-refractivity contribution is -0.142. The molecule has 1 saturated carbocycles. The van der Waals surface area contributed by atoms with Crippen LogP contribution in [0.3, 0.4) is 0 Å². The summed E-state index contributed by atoms with van der Waals surface area (Å²) >= 11 is 0. The van der Waals surface area contributed by atoms with E-state index in [1.165, 1.54) is 6.33 Å². The average molecular weight is 453 g/mol. The molecule has 33 heavy (non-hydrogen) atoms. The van der Waals surface area contributed by atoms with Gasteiger partial charge < -0.3 is 9.72 Å². The zero-order chi connectivity index (χ0) is 23.2. The summed E-state index contributed by atoms with van der Waals surface area (Å²) in [5.74, 6) is 0.993. The summed E-state index contributed by atoms with van der Waals surface area (Å²) in [7, 11) is 1.60. The van der Waals surface area contributed by atoms with E-state index in [4.69, 9.17) is 4.74 Å². The molecule has 0 unspecified atom stereocenters. The smallest absolute Gasteiger partial charge is 0.433 e. The number of H-pyrrole nitrogens is 1. The molecular formula is C24H22F3N5O. The van der Waals surface area contributed by atoms with Crippen LogP contribution < -0.4 is 4.74 Å². The Kier molecular flexibility index (Phi) is 5.19. The van der Waals surface area contributed by atoms with Crippen LogP contribution in [0.25, 0.3) is 16.8 Å². The zero-order valence-electron chi connectivity index (χ0n) is 18.1. The molecule has 3 aromatic heterocycles. The molecule has 1 aliphatic rings. The Bertz CT molecular complexity index is 1290. The van der Waals surface area contributed by atoms with Crippen molar-refractivity contribution in [1.82, 2.24) is 24.7 Å². The summed E-state index contributed by atoms with van der Waals surface area (Å²) in [5.41, 5.74) is 4.71. The van der Waals surface area contributed by atoms with Gasteiger partial charge in [0, 0.05) is 29.8 Å². The number of rotatable bonds is 6. The first-order chi connectivity index (χ1) is 15.8. The number of benzene rings is 1. The minimum Gasteiger partial charge on any atom is -0.480 e. The fourth-order valence-corrected chi connectivity index (χ4v) is 4.04. The Hall–Kier alpha value is -3.62. The molecule has 1 aliphatic carbocycles. The van der Waals surface area contributed by atoms with E-state index < -0.39 is 11.9 Å².